The van der Waals surface area contributed by atoms with Gasteiger partial charge >= 0.3 is 0 Å². The van der Waals surface area contributed by atoms with Crippen LogP contribution in [0.1, 0.15) is 27.8 Å². The molecule has 3 rings (SSSR count). The van der Waals surface area contributed by atoms with Crippen LogP contribution in [0.5, 0.6) is 0 Å². The van der Waals surface area contributed by atoms with E-state index >= 15 is 0 Å². The fraction of sp³-hybridized carbons (Fsp3) is 0.429. The zero-order valence-corrected chi connectivity index (χ0v) is 12.1. The highest BCUT2D eigenvalue weighted by atomic mass is 16.5. The van der Waals surface area contributed by atoms with E-state index in [1.54, 1.807) is 24.5 Å². The Hall–Kier alpha value is -2.28. The van der Waals surface area contributed by atoms with Gasteiger partial charge in [-0.15, -0.1) is 0 Å². The molecule has 0 saturated carbocycles. The van der Waals surface area contributed by atoms with Crippen LogP contribution >= 0.6 is 0 Å². The molecule has 2 aromatic heterocycles. The van der Waals surface area contributed by atoms with E-state index in [1.807, 2.05) is 11.6 Å². The molecule has 0 aromatic carbocycles. The van der Waals surface area contributed by atoms with Gasteiger partial charge in [-0.05, 0) is 0 Å². The van der Waals surface area contributed by atoms with Gasteiger partial charge in [-0.1, -0.05) is 0 Å². The lowest BCUT2D eigenvalue weighted by Crippen LogP contribution is -2.40. The van der Waals surface area contributed by atoms with E-state index in [1.165, 1.54) is 12.4 Å². The van der Waals surface area contributed by atoms with Crippen LogP contribution in [0.15, 0.2) is 24.9 Å². The van der Waals surface area contributed by atoms with Crippen LogP contribution in [0.3, 0.4) is 0 Å². The molecule has 0 aliphatic carbocycles. The molecule has 7 heteroatoms. The Balaban J connectivity index is 1.88. The van der Waals surface area contributed by atoms with Crippen molar-refractivity contribution in [2.75, 3.05) is 20.3 Å². The monoisotopic (exact) mass is 287 g/mol. The summed E-state index contributed by atoms with van der Waals surface area (Å²) >= 11 is 0. The van der Waals surface area contributed by atoms with Gasteiger partial charge in [0.1, 0.15) is 5.69 Å². The molecule has 7 nitrogen and oxygen atoms in total. The summed E-state index contributed by atoms with van der Waals surface area (Å²) in [6.07, 6.45) is 6.35. The van der Waals surface area contributed by atoms with Crippen molar-refractivity contribution in [3.63, 3.8) is 0 Å². The fourth-order valence-corrected chi connectivity index (χ4v) is 2.79. The van der Waals surface area contributed by atoms with Crippen LogP contribution in [-0.2, 0) is 18.3 Å². The Morgan fingerprint density at radius 2 is 2.29 bits per heavy atom. The van der Waals surface area contributed by atoms with E-state index in [-0.39, 0.29) is 11.8 Å². The molecule has 2 aromatic rings. The van der Waals surface area contributed by atoms with Gasteiger partial charge in [0.2, 0.25) is 0 Å². The average molecular weight is 287 g/mol. The number of aryl methyl sites for hydroxylation is 1. The van der Waals surface area contributed by atoms with Gasteiger partial charge in [0.05, 0.1) is 31.4 Å². The van der Waals surface area contributed by atoms with Crippen LogP contribution in [0, 0.1) is 0 Å². The molecule has 1 atom stereocenters. The molecule has 0 radical (unpaired) electrons. The normalized spacial score (nSPS) is 17.6. The highest BCUT2D eigenvalue weighted by Gasteiger charge is 2.32. The molecule has 1 aliphatic heterocycles. The minimum absolute atomic E-state index is 0.117. The van der Waals surface area contributed by atoms with E-state index in [2.05, 4.69) is 15.0 Å². The van der Waals surface area contributed by atoms with Gasteiger partial charge in [0.15, 0.2) is 0 Å². The van der Waals surface area contributed by atoms with E-state index in [0.717, 1.165) is 11.4 Å². The summed E-state index contributed by atoms with van der Waals surface area (Å²) < 4.78 is 7.29. The third kappa shape index (κ3) is 2.52. The number of aromatic nitrogens is 4. The SMILES string of the molecule is COC[C@@H]1CN(C(=O)c2cnccn2)Cc2ncn(C)c21. The number of ether oxygens (including phenoxy) is 1. The standard InChI is InChI=1S/C14H17N5O2/c1-18-9-17-12-7-19(6-10(8-21-2)13(12)18)14(20)11-5-15-3-4-16-11/h3-5,9-10H,6-8H2,1-2H3/t10-/m0/s1. The molecule has 1 aliphatic rings. The second-order valence-corrected chi connectivity index (χ2v) is 5.12. The molecule has 3 heterocycles. The zero-order valence-electron chi connectivity index (χ0n) is 12.1. The van der Waals surface area contributed by atoms with Gasteiger partial charge < -0.3 is 14.2 Å². The molecule has 0 N–H and O–H groups in total. The lowest BCUT2D eigenvalue weighted by Gasteiger charge is -2.32. The molecule has 0 fully saturated rings. The number of amides is 1. The van der Waals surface area contributed by atoms with Crippen LogP contribution in [0.4, 0.5) is 0 Å². The number of hydrogen-bond donors (Lipinski definition) is 0. The summed E-state index contributed by atoms with van der Waals surface area (Å²) in [5, 5.41) is 0. The van der Waals surface area contributed by atoms with Gasteiger partial charge in [-0.25, -0.2) is 9.97 Å². The van der Waals surface area contributed by atoms with E-state index in [0.29, 0.717) is 25.4 Å². The molecule has 21 heavy (non-hydrogen) atoms. The predicted octanol–water partition coefficient (Wildman–Crippen LogP) is 0.596. The highest BCUT2D eigenvalue weighted by molar-refractivity contribution is 5.92. The van der Waals surface area contributed by atoms with Crippen LogP contribution < -0.4 is 0 Å². The number of rotatable bonds is 3. The fourth-order valence-electron chi connectivity index (χ4n) is 2.79. The Kier molecular flexibility index (Phi) is 3.66. The second-order valence-electron chi connectivity index (χ2n) is 5.12. The third-order valence-corrected chi connectivity index (χ3v) is 3.67. The van der Waals surface area contributed by atoms with E-state index in [4.69, 9.17) is 4.74 Å². The van der Waals surface area contributed by atoms with Crippen molar-refractivity contribution in [3.8, 4) is 0 Å². The van der Waals surface area contributed by atoms with Crippen molar-refractivity contribution in [2.24, 2.45) is 7.05 Å². The van der Waals surface area contributed by atoms with Crippen molar-refractivity contribution < 1.29 is 9.53 Å². The quantitative estimate of drug-likeness (QED) is 0.826. The first-order chi connectivity index (χ1) is 10.2. The first-order valence-corrected chi connectivity index (χ1v) is 6.75. The molecular weight excluding hydrogens is 270 g/mol. The summed E-state index contributed by atoms with van der Waals surface area (Å²) in [6.45, 7) is 1.64. The largest absolute Gasteiger partial charge is 0.384 e. The Morgan fingerprint density at radius 1 is 1.43 bits per heavy atom. The smallest absolute Gasteiger partial charge is 0.274 e. The van der Waals surface area contributed by atoms with Crippen molar-refractivity contribution in [1.29, 1.82) is 0 Å². The summed E-state index contributed by atoms with van der Waals surface area (Å²) in [6, 6.07) is 0. The van der Waals surface area contributed by atoms with Crippen molar-refractivity contribution in [1.82, 2.24) is 24.4 Å². The number of carbonyl (C=O) groups is 1. The van der Waals surface area contributed by atoms with Gasteiger partial charge in [-0.2, -0.15) is 0 Å². The molecule has 0 bridgehead atoms. The number of nitrogens with zero attached hydrogens (tertiary/aromatic N) is 5. The first kappa shape index (κ1) is 13.7. The number of fused-ring (bicyclic) bond motifs is 1. The average Bonchev–Trinajstić information content (AvgIpc) is 2.89. The summed E-state index contributed by atoms with van der Waals surface area (Å²) in [7, 11) is 3.63. The number of methoxy groups -OCH3 is 1. The maximum atomic E-state index is 12.5. The molecule has 1 amide bonds. The van der Waals surface area contributed by atoms with E-state index in [9.17, 15) is 4.79 Å². The molecular formula is C14H17N5O2. The maximum absolute atomic E-state index is 12.5. The zero-order chi connectivity index (χ0) is 14.8. The van der Waals surface area contributed by atoms with Crippen molar-refractivity contribution >= 4 is 5.91 Å². The minimum Gasteiger partial charge on any atom is -0.384 e. The Bertz CT molecular complexity index is 640. The predicted molar refractivity (Wildman–Crippen MR) is 74.6 cm³/mol. The number of carbonyl (C=O) groups excluding carboxylic acids is 1. The second kappa shape index (κ2) is 5.61. The summed E-state index contributed by atoms with van der Waals surface area (Å²) in [5.74, 6) is -0.00706. The molecule has 0 spiro atoms. The highest BCUT2D eigenvalue weighted by Crippen LogP contribution is 2.28. The third-order valence-electron chi connectivity index (χ3n) is 3.67. The van der Waals surface area contributed by atoms with Gasteiger partial charge in [0.25, 0.3) is 5.91 Å². The van der Waals surface area contributed by atoms with Crippen LogP contribution in [0.25, 0.3) is 0 Å². The Labute approximate surface area is 122 Å². The van der Waals surface area contributed by atoms with Gasteiger partial charge in [-0.3, -0.25) is 9.78 Å². The van der Waals surface area contributed by atoms with Gasteiger partial charge in [0, 0.05) is 44.7 Å². The van der Waals surface area contributed by atoms with Crippen LogP contribution in [-0.4, -0.2) is 50.6 Å². The number of hydrogen-bond acceptors (Lipinski definition) is 5. The molecule has 0 saturated heterocycles. The molecule has 0 unspecified atom stereocenters. The number of imidazole rings is 1. The summed E-state index contributed by atoms with van der Waals surface area (Å²) in [4.78, 5) is 26.7. The molecule has 110 valence electrons. The topological polar surface area (TPSA) is 73.1 Å². The summed E-state index contributed by atoms with van der Waals surface area (Å²) in [5.41, 5.74) is 2.41. The van der Waals surface area contributed by atoms with Crippen molar-refractivity contribution in [2.45, 2.75) is 12.5 Å². The van der Waals surface area contributed by atoms with Crippen molar-refractivity contribution in [3.05, 3.63) is 42.0 Å². The van der Waals surface area contributed by atoms with E-state index < -0.39 is 0 Å². The lowest BCUT2D eigenvalue weighted by atomic mass is 9.98. The maximum Gasteiger partial charge on any atom is 0.274 e. The Morgan fingerprint density at radius 3 is 3.00 bits per heavy atom. The minimum atomic E-state index is -0.125. The van der Waals surface area contributed by atoms with Crippen LogP contribution in [0.2, 0.25) is 0 Å². The first-order valence-electron chi connectivity index (χ1n) is 6.75. The lowest BCUT2D eigenvalue weighted by molar-refractivity contribution is 0.0667.